The molecule has 0 aromatic heterocycles. The summed E-state index contributed by atoms with van der Waals surface area (Å²) in [5.74, 6) is 1.56. The molecule has 19 heavy (non-hydrogen) atoms. The smallest absolute Gasteiger partial charge is 0.150 e. The zero-order valence-corrected chi connectivity index (χ0v) is 11.9. The summed E-state index contributed by atoms with van der Waals surface area (Å²) in [5, 5.41) is 0. The van der Waals surface area contributed by atoms with Gasteiger partial charge in [-0.25, -0.2) is 0 Å². The van der Waals surface area contributed by atoms with Crippen LogP contribution in [0.4, 0.5) is 0 Å². The minimum absolute atomic E-state index is 0.697. The Balaban J connectivity index is 2.22. The highest BCUT2D eigenvalue weighted by Gasteiger charge is 2.07. The van der Waals surface area contributed by atoms with Gasteiger partial charge in [0.2, 0.25) is 0 Å². The fourth-order valence-electron chi connectivity index (χ4n) is 1.84. The summed E-state index contributed by atoms with van der Waals surface area (Å²) < 4.78 is 5.24. The summed E-state index contributed by atoms with van der Waals surface area (Å²) in [6.07, 6.45) is 0.883. The lowest BCUT2D eigenvalue weighted by atomic mass is 10.0. The van der Waals surface area contributed by atoms with E-state index in [1.54, 1.807) is 24.9 Å². The third-order valence-electron chi connectivity index (χ3n) is 3.03. The summed E-state index contributed by atoms with van der Waals surface area (Å²) in [4.78, 5) is 12.3. The maximum atomic E-state index is 11.1. The minimum atomic E-state index is 0.697. The van der Waals surface area contributed by atoms with E-state index >= 15 is 0 Å². The van der Waals surface area contributed by atoms with Crippen molar-refractivity contribution >= 4 is 18.0 Å². The van der Waals surface area contributed by atoms with Crippen molar-refractivity contribution in [1.82, 2.24) is 0 Å². The Morgan fingerprint density at radius 3 is 2.58 bits per heavy atom. The van der Waals surface area contributed by atoms with Gasteiger partial charge in [-0.1, -0.05) is 18.2 Å². The molecule has 0 heterocycles. The molecule has 0 saturated heterocycles. The highest BCUT2D eigenvalue weighted by molar-refractivity contribution is 7.98. The lowest BCUT2D eigenvalue weighted by molar-refractivity contribution is 0.112. The van der Waals surface area contributed by atoms with Gasteiger partial charge in [-0.2, -0.15) is 0 Å². The number of carbonyl (C=O) groups is 1. The molecule has 3 heteroatoms. The molecule has 98 valence electrons. The van der Waals surface area contributed by atoms with Crippen molar-refractivity contribution in [2.75, 3.05) is 7.11 Å². The lowest BCUT2D eigenvalue weighted by Gasteiger charge is -2.10. The molecule has 0 N–H and O–H groups in total. The molecule has 0 fully saturated rings. The highest BCUT2D eigenvalue weighted by Crippen LogP contribution is 2.28. The Labute approximate surface area is 117 Å². The van der Waals surface area contributed by atoms with E-state index < -0.39 is 0 Å². The second kappa shape index (κ2) is 6.43. The van der Waals surface area contributed by atoms with Crippen molar-refractivity contribution in [2.24, 2.45) is 0 Å². The van der Waals surface area contributed by atoms with Gasteiger partial charge in [-0.3, -0.25) is 4.79 Å². The summed E-state index contributed by atoms with van der Waals surface area (Å²) in [5.41, 5.74) is 2.86. The molecule has 2 aromatic rings. The molecule has 0 radical (unpaired) electrons. The van der Waals surface area contributed by atoms with Crippen LogP contribution >= 0.6 is 11.8 Å². The van der Waals surface area contributed by atoms with Gasteiger partial charge in [0, 0.05) is 16.2 Å². The van der Waals surface area contributed by atoms with Crippen LogP contribution in [0, 0.1) is 6.92 Å². The molecular formula is C16H16O2S. The summed E-state index contributed by atoms with van der Waals surface area (Å²) in [6.45, 7) is 1.98. The third-order valence-corrected chi connectivity index (χ3v) is 4.09. The van der Waals surface area contributed by atoms with Crippen molar-refractivity contribution < 1.29 is 9.53 Å². The van der Waals surface area contributed by atoms with Crippen molar-refractivity contribution in [3.8, 4) is 5.75 Å². The maximum Gasteiger partial charge on any atom is 0.150 e. The Morgan fingerprint density at radius 1 is 1.21 bits per heavy atom. The van der Waals surface area contributed by atoms with E-state index in [1.165, 1.54) is 4.90 Å². The largest absolute Gasteiger partial charge is 0.497 e. The number of aldehydes is 1. The molecule has 2 nitrogen and oxygen atoms in total. The van der Waals surface area contributed by atoms with Gasteiger partial charge in [0.15, 0.2) is 0 Å². The molecule has 0 bridgehead atoms. The number of hydrogen-bond donors (Lipinski definition) is 0. The van der Waals surface area contributed by atoms with Gasteiger partial charge in [0.05, 0.1) is 7.11 Å². The SMILES string of the molecule is COc1cc(C=O)c(C)c(CSc2ccccc2)c1. The van der Waals surface area contributed by atoms with E-state index in [4.69, 9.17) is 4.74 Å². The number of rotatable bonds is 5. The van der Waals surface area contributed by atoms with Crippen LogP contribution in [0.5, 0.6) is 5.75 Å². The van der Waals surface area contributed by atoms with Gasteiger partial charge < -0.3 is 4.74 Å². The number of benzene rings is 2. The second-order valence-corrected chi connectivity index (χ2v) is 5.27. The maximum absolute atomic E-state index is 11.1. The molecule has 0 aliphatic rings. The van der Waals surface area contributed by atoms with Crippen molar-refractivity contribution in [1.29, 1.82) is 0 Å². The molecule has 0 spiro atoms. The molecular weight excluding hydrogens is 256 g/mol. The Kier molecular flexibility index (Phi) is 4.63. The summed E-state index contributed by atoms with van der Waals surface area (Å²) >= 11 is 1.75. The first-order valence-corrected chi connectivity index (χ1v) is 7.03. The van der Waals surface area contributed by atoms with E-state index in [9.17, 15) is 4.79 Å². The summed E-state index contributed by atoms with van der Waals surface area (Å²) in [6, 6.07) is 14.0. The fraction of sp³-hybridized carbons (Fsp3) is 0.188. The van der Waals surface area contributed by atoms with Gasteiger partial charge >= 0.3 is 0 Å². The van der Waals surface area contributed by atoms with Gasteiger partial charge in [-0.15, -0.1) is 11.8 Å². The van der Waals surface area contributed by atoms with Crippen molar-refractivity contribution in [3.63, 3.8) is 0 Å². The fourth-order valence-corrected chi connectivity index (χ4v) is 2.81. The van der Waals surface area contributed by atoms with Crippen LogP contribution < -0.4 is 4.74 Å². The van der Waals surface area contributed by atoms with E-state index in [1.807, 2.05) is 31.2 Å². The summed E-state index contributed by atoms with van der Waals surface area (Å²) in [7, 11) is 1.62. The standard InChI is InChI=1S/C16H16O2S/c1-12-13(10-17)8-15(18-2)9-14(12)11-19-16-6-4-3-5-7-16/h3-10H,11H2,1-2H3. The van der Waals surface area contributed by atoms with Crippen LogP contribution in [0.1, 0.15) is 21.5 Å². The van der Waals surface area contributed by atoms with Crippen LogP contribution in [0.3, 0.4) is 0 Å². The first-order valence-electron chi connectivity index (χ1n) is 6.05. The van der Waals surface area contributed by atoms with E-state index in [-0.39, 0.29) is 0 Å². The highest BCUT2D eigenvalue weighted by atomic mass is 32.2. The second-order valence-electron chi connectivity index (χ2n) is 4.22. The number of carbonyl (C=O) groups excluding carboxylic acids is 1. The zero-order valence-electron chi connectivity index (χ0n) is 11.1. The number of thioether (sulfide) groups is 1. The van der Waals surface area contributed by atoms with Crippen LogP contribution in [0.15, 0.2) is 47.4 Å². The quantitative estimate of drug-likeness (QED) is 0.605. The average Bonchev–Trinajstić information content (AvgIpc) is 2.47. The zero-order chi connectivity index (χ0) is 13.7. The van der Waals surface area contributed by atoms with Crippen LogP contribution in [0.2, 0.25) is 0 Å². The Bertz CT molecular complexity index is 564. The average molecular weight is 272 g/mol. The van der Waals surface area contributed by atoms with Crippen LogP contribution in [-0.2, 0) is 5.75 Å². The Hall–Kier alpha value is -1.74. The molecule has 0 atom stereocenters. The Morgan fingerprint density at radius 2 is 1.95 bits per heavy atom. The minimum Gasteiger partial charge on any atom is -0.497 e. The van der Waals surface area contributed by atoms with Gasteiger partial charge in [0.25, 0.3) is 0 Å². The monoisotopic (exact) mass is 272 g/mol. The molecule has 2 rings (SSSR count). The van der Waals surface area contributed by atoms with E-state index in [2.05, 4.69) is 12.1 Å². The molecule has 0 aliphatic carbocycles. The molecule has 0 saturated carbocycles. The molecule has 2 aromatic carbocycles. The number of methoxy groups -OCH3 is 1. The molecule has 0 unspecified atom stereocenters. The van der Waals surface area contributed by atoms with Gasteiger partial charge in [-0.05, 0) is 42.3 Å². The lowest BCUT2D eigenvalue weighted by Crippen LogP contribution is -1.96. The number of hydrogen-bond acceptors (Lipinski definition) is 3. The predicted octanol–water partition coefficient (Wildman–Crippen LogP) is 4.11. The van der Waals surface area contributed by atoms with E-state index in [0.717, 1.165) is 28.9 Å². The number of ether oxygens (including phenoxy) is 1. The first-order chi connectivity index (χ1) is 9.24. The molecule has 0 amide bonds. The van der Waals surface area contributed by atoms with E-state index in [0.29, 0.717) is 5.56 Å². The first kappa shape index (κ1) is 13.7. The predicted molar refractivity (Wildman–Crippen MR) is 79.1 cm³/mol. The van der Waals surface area contributed by atoms with Gasteiger partial charge in [0.1, 0.15) is 12.0 Å². The third kappa shape index (κ3) is 3.38. The van der Waals surface area contributed by atoms with Crippen LogP contribution in [-0.4, -0.2) is 13.4 Å². The van der Waals surface area contributed by atoms with Crippen molar-refractivity contribution in [3.05, 3.63) is 59.2 Å². The van der Waals surface area contributed by atoms with Crippen molar-refractivity contribution in [2.45, 2.75) is 17.6 Å². The topological polar surface area (TPSA) is 26.3 Å². The molecule has 0 aliphatic heterocycles. The normalized spacial score (nSPS) is 10.2. The van der Waals surface area contributed by atoms with Crippen LogP contribution in [0.25, 0.3) is 0 Å².